The van der Waals surface area contributed by atoms with Crippen LogP contribution in [0.15, 0.2) is 42.6 Å². The van der Waals surface area contributed by atoms with Crippen molar-refractivity contribution in [3.63, 3.8) is 0 Å². The van der Waals surface area contributed by atoms with Gasteiger partial charge in [-0.2, -0.15) is 0 Å². The van der Waals surface area contributed by atoms with Gasteiger partial charge in [0, 0.05) is 19.7 Å². The molecule has 0 saturated heterocycles. The predicted molar refractivity (Wildman–Crippen MR) is 72.9 cm³/mol. The van der Waals surface area contributed by atoms with Gasteiger partial charge in [0.25, 0.3) is 0 Å². The number of rotatable bonds is 4. The molecule has 98 valence electrons. The number of anilines is 1. The number of amides is 1. The number of nitrogens with zero attached hydrogens (tertiary/aromatic N) is 1. The highest BCUT2D eigenvalue weighted by molar-refractivity contribution is 5.90. The zero-order valence-electron chi connectivity index (χ0n) is 10.6. The number of ether oxygens (including phenoxy) is 1. The minimum absolute atomic E-state index is 0.152. The van der Waals surface area contributed by atoms with Gasteiger partial charge in [0.1, 0.15) is 5.75 Å². The third-order valence-electron chi connectivity index (χ3n) is 2.46. The van der Waals surface area contributed by atoms with E-state index in [9.17, 15) is 4.79 Å². The van der Waals surface area contributed by atoms with Crippen molar-refractivity contribution < 1.29 is 9.53 Å². The molecule has 3 N–H and O–H groups in total. The van der Waals surface area contributed by atoms with Gasteiger partial charge in [0.15, 0.2) is 5.75 Å². The van der Waals surface area contributed by atoms with Crippen molar-refractivity contribution in [1.29, 1.82) is 0 Å². The molecule has 0 aliphatic heterocycles. The van der Waals surface area contributed by atoms with Crippen molar-refractivity contribution >= 4 is 11.6 Å². The molecule has 5 nitrogen and oxygen atoms in total. The lowest BCUT2D eigenvalue weighted by atomic mass is 10.2. The zero-order chi connectivity index (χ0) is 13.7. The molecule has 1 heterocycles. The van der Waals surface area contributed by atoms with Gasteiger partial charge in [-0.15, -0.1) is 0 Å². The van der Waals surface area contributed by atoms with Crippen molar-refractivity contribution in [3.8, 4) is 11.5 Å². The lowest BCUT2D eigenvalue weighted by Crippen LogP contribution is -2.07. The molecular weight excluding hydrogens is 242 g/mol. The van der Waals surface area contributed by atoms with E-state index in [2.05, 4.69) is 10.3 Å². The van der Waals surface area contributed by atoms with E-state index in [-0.39, 0.29) is 5.91 Å². The van der Waals surface area contributed by atoms with Crippen LogP contribution in [-0.4, -0.2) is 10.9 Å². The van der Waals surface area contributed by atoms with E-state index in [1.54, 1.807) is 30.5 Å². The van der Waals surface area contributed by atoms with Gasteiger partial charge in [0.2, 0.25) is 5.91 Å². The molecule has 5 heteroatoms. The minimum Gasteiger partial charge on any atom is -0.453 e. The molecule has 0 spiro atoms. The van der Waals surface area contributed by atoms with Crippen LogP contribution in [0.2, 0.25) is 0 Å². The molecule has 0 radical (unpaired) electrons. The zero-order valence-corrected chi connectivity index (χ0v) is 10.6. The van der Waals surface area contributed by atoms with Crippen LogP contribution in [0, 0.1) is 0 Å². The Balaban J connectivity index is 2.30. The fourth-order valence-corrected chi connectivity index (χ4v) is 1.64. The average Bonchev–Trinajstić information content (AvgIpc) is 2.41. The molecule has 0 saturated carbocycles. The lowest BCUT2D eigenvalue weighted by molar-refractivity contribution is -0.114. The second-order valence-electron chi connectivity index (χ2n) is 3.93. The molecule has 0 unspecified atom stereocenters. The highest BCUT2D eigenvalue weighted by Gasteiger charge is 2.08. The SMILES string of the molecule is CC(=O)Nc1ccccc1Oc1cccnc1CN. The first kappa shape index (κ1) is 13.0. The second kappa shape index (κ2) is 5.97. The molecule has 0 fully saturated rings. The molecule has 2 aromatic rings. The summed E-state index contributed by atoms with van der Waals surface area (Å²) in [7, 11) is 0. The van der Waals surface area contributed by atoms with Crippen molar-refractivity contribution in [3.05, 3.63) is 48.3 Å². The smallest absolute Gasteiger partial charge is 0.221 e. The Kier molecular flexibility index (Phi) is 4.10. The van der Waals surface area contributed by atoms with Crippen LogP contribution in [0.1, 0.15) is 12.6 Å². The Morgan fingerprint density at radius 2 is 2.00 bits per heavy atom. The van der Waals surface area contributed by atoms with Gasteiger partial charge < -0.3 is 15.8 Å². The number of nitrogens with two attached hydrogens (primary N) is 1. The van der Waals surface area contributed by atoms with Gasteiger partial charge >= 0.3 is 0 Å². The maximum atomic E-state index is 11.1. The second-order valence-corrected chi connectivity index (χ2v) is 3.93. The number of benzene rings is 1. The standard InChI is InChI=1S/C14H15N3O2/c1-10(18)17-11-5-2-3-6-13(11)19-14-7-4-8-16-12(14)9-15/h2-8H,9,15H2,1H3,(H,17,18). The highest BCUT2D eigenvalue weighted by atomic mass is 16.5. The van der Waals surface area contributed by atoms with E-state index in [0.29, 0.717) is 29.4 Å². The molecule has 0 aliphatic carbocycles. The van der Waals surface area contributed by atoms with E-state index in [1.807, 2.05) is 12.1 Å². The summed E-state index contributed by atoms with van der Waals surface area (Å²) in [5, 5.41) is 2.72. The van der Waals surface area contributed by atoms with Gasteiger partial charge in [-0.3, -0.25) is 9.78 Å². The van der Waals surface area contributed by atoms with Crippen LogP contribution < -0.4 is 15.8 Å². The molecule has 0 atom stereocenters. The maximum Gasteiger partial charge on any atom is 0.221 e. The van der Waals surface area contributed by atoms with Crippen molar-refractivity contribution in [2.24, 2.45) is 5.73 Å². The van der Waals surface area contributed by atoms with Crippen LogP contribution >= 0.6 is 0 Å². The summed E-state index contributed by atoms with van der Waals surface area (Å²) in [6.45, 7) is 1.74. The van der Waals surface area contributed by atoms with Crippen LogP contribution in [0.25, 0.3) is 0 Å². The Labute approximate surface area is 111 Å². The Morgan fingerprint density at radius 1 is 1.26 bits per heavy atom. The van der Waals surface area contributed by atoms with Crippen molar-refractivity contribution in [2.45, 2.75) is 13.5 Å². The van der Waals surface area contributed by atoms with E-state index in [1.165, 1.54) is 6.92 Å². The molecule has 0 aliphatic rings. The molecular formula is C14H15N3O2. The quantitative estimate of drug-likeness (QED) is 0.881. The molecule has 1 amide bonds. The van der Waals surface area contributed by atoms with E-state index in [4.69, 9.17) is 10.5 Å². The van der Waals surface area contributed by atoms with Crippen LogP contribution in [0.3, 0.4) is 0 Å². The molecule has 2 rings (SSSR count). The summed E-state index contributed by atoms with van der Waals surface area (Å²) in [4.78, 5) is 15.3. The summed E-state index contributed by atoms with van der Waals surface area (Å²) in [5.41, 5.74) is 6.89. The monoisotopic (exact) mass is 257 g/mol. The van der Waals surface area contributed by atoms with Gasteiger partial charge in [0.05, 0.1) is 11.4 Å². The summed E-state index contributed by atoms with van der Waals surface area (Å²) in [6, 6.07) is 10.8. The van der Waals surface area contributed by atoms with Crippen molar-refractivity contribution in [1.82, 2.24) is 4.98 Å². The number of aromatic nitrogens is 1. The minimum atomic E-state index is -0.152. The molecule has 1 aromatic heterocycles. The molecule has 19 heavy (non-hydrogen) atoms. The van der Waals surface area contributed by atoms with Crippen LogP contribution in [-0.2, 0) is 11.3 Å². The fourth-order valence-electron chi connectivity index (χ4n) is 1.64. The fraction of sp³-hybridized carbons (Fsp3) is 0.143. The Morgan fingerprint density at radius 3 is 2.74 bits per heavy atom. The number of hydrogen-bond donors (Lipinski definition) is 2. The van der Waals surface area contributed by atoms with Gasteiger partial charge in [-0.1, -0.05) is 12.1 Å². The third kappa shape index (κ3) is 3.29. The third-order valence-corrected chi connectivity index (χ3v) is 2.46. The number of carbonyl (C=O) groups excluding carboxylic acids is 1. The van der Waals surface area contributed by atoms with Crippen LogP contribution in [0.5, 0.6) is 11.5 Å². The summed E-state index contributed by atoms with van der Waals surface area (Å²) < 4.78 is 5.78. The molecule has 0 bridgehead atoms. The largest absolute Gasteiger partial charge is 0.453 e. The topological polar surface area (TPSA) is 77.2 Å². The number of nitrogens with one attached hydrogen (secondary N) is 1. The number of carbonyl (C=O) groups is 1. The first-order valence-electron chi connectivity index (χ1n) is 5.89. The first-order valence-corrected chi connectivity index (χ1v) is 5.89. The van der Waals surface area contributed by atoms with Gasteiger partial charge in [-0.25, -0.2) is 0 Å². The summed E-state index contributed by atoms with van der Waals surface area (Å²) in [5.74, 6) is 0.990. The summed E-state index contributed by atoms with van der Waals surface area (Å²) >= 11 is 0. The molecule has 1 aromatic carbocycles. The lowest BCUT2D eigenvalue weighted by Gasteiger charge is -2.12. The first-order chi connectivity index (χ1) is 9.20. The Bertz CT molecular complexity index is 584. The average molecular weight is 257 g/mol. The van der Waals surface area contributed by atoms with Crippen molar-refractivity contribution in [2.75, 3.05) is 5.32 Å². The maximum absolute atomic E-state index is 11.1. The summed E-state index contributed by atoms with van der Waals surface area (Å²) in [6.07, 6.45) is 1.66. The number of para-hydroxylation sites is 2. The van der Waals surface area contributed by atoms with Gasteiger partial charge in [-0.05, 0) is 24.3 Å². The Hall–Kier alpha value is -2.40. The highest BCUT2D eigenvalue weighted by Crippen LogP contribution is 2.30. The number of pyridine rings is 1. The van der Waals surface area contributed by atoms with E-state index < -0.39 is 0 Å². The predicted octanol–water partition coefficient (Wildman–Crippen LogP) is 2.29. The normalized spacial score (nSPS) is 10.0. The van der Waals surface area contributed by atoms with E-state index in [0.717, 1.165) is 0 Å². The number of hydrogen-bond acceptors (Lipinski definition) is 4. The van der Waals surface area contributed by atoms with E-state index >= 15 is 0 Å². The van der Waals surface area contributed by atoms with Crippen LogP contribution in [0.4, 0.5) is 5.69 Å².